The van der Waals surface area contributed by atoms with Crippen LogP contribution in [0.15, 0.2) is 0 Å². The Kier molecular flexibility index (Phi) is 7.99. The summed E-state index contributed by atoms with van der Waals surface area (Å²) >= 11 is 0. The molecule has 0 aromatic heterocycles. The fraction of sp³-hybridized carbons (Fsp3) is 1.00. The van der Waals surface area contributed by atoms with E-state index in [1.807, 2.05) is 6.92 Å². The third kappa shape index (κ3) is 7.03. The van der Waals surface area contributed by atoms with Crippen molar-refractivity contribution in [2.75, 3.05) is 34.4 Å². The van der Waals surface area contributed by atoms with Crippen LogP contribution in [0.4, 0.5) is 0 Å². The van der Waals surface area contributed by atoms with E-state index < -0.39 is 0 Å². The molecule has 0 bridgehead atoms. The maximum Gasteiger partial charge on any atom is 0.109 e. The summed E-state index contributed by atoms with van der Waals surface area (Å²) in [7, 11) is 6.55. The molecular formula is C8H20INO. The van der Waals surface area contributed by atoms with Gasteiger partial charge in [0.1, 0.15) is 6.04 Å². The van der Waals surface area contributed by atoms with Crippen molar-refractivity contribution in [3.8, 4) is 0 Å². The average Bonchev–Trinajstić information content (AvgIpc) is 1.80. The van der Waals surface area contributed by atoms with E-state index in [2.05, 4.69) is 28.1 Å². The van der Waals surface area contributed by atoms with Gasteiger partial charge in [-0.15, -0.1) is 0 Å². The van der Waals surface area contributed by atoms with Crippen LogP contribution in [0.2, 0.25) is 0 Å². The molecule has 0 aliphatic carbocycles. The molecule has 0 fully saturated rings. The highest BCUT2D eigenvalue weighted by Gasteiger charge is 2.17. The number of nitrogens with zero attached hydrogens (tertiary/aromatic N) is 1. The quantitative estimate of drug-likeness (QED) is 0.430. The largest absolute Gasteiger partial charge is 1.00 e. The Bertz CT molecular complexity index is 90.6. The fourth-order valence-corrected chi connectivity index (χ4v) is 0.512. The summed E-state index contributed by atoms with van der Waals surface area (Å²) in [5.41, 5.74) is 0. The van der Waals surface area contributed by atoms with Crippen molar-refractivity contribution in [3.63, 3.8) is 0 Å². The van der Waals surface area contributed by atoms with Gasteiger partial charge in [-0.25, -0.2) is 0 Å². The maximum atomic E-state index is 5.31. The minimum Gasteiger partial charge on any atom is -1.00 e. The Morgan fingerprint density at radius 1 is 1.27 bits per heavy atom. The molecule has 0 N–H and O–H groups in total. The van der Waals surface area contributed by atoms with Crippen LogP contribution >= 0.6 is 0 Å². The van der Waals surface area contributed by atoms with Gasteiger partial charge < -0.3 is 33.2 Å². The van der Waals surface area contributed by atoms with Crippen LogP contribution in [0.5, 0.6) is 0 Å². The van der Waals surface area contributed by atoms with Crippen molar-refractivity contribution in [1.82, 2.24) is 0 Å². The van der Waals surface area contributed by atoms with Crippen LogP contribution in [0.3, 0.4) is 0 Å². The molecule has 1 atom stereocenters. The number of hydrogen-bond donors (Lipinski definition) is 0. The molecule has 0 radical (unpaired) electrons. The van der Waals surface area contributed by atoms with Crippen molar-refractivity contribution in [1.29, 1.82) is 0 Å². The summed E-state index contributed by atoms with van der Waals surface area (Å²) in [5, 5.41) is 0. The molecule has 0 aromatic rings. The Morgan fingerprint density at radius 2 is 1.73 bits per heavy atom. The topological polar surface area (TPSA) is 9.23 Å². The van der Waals surface area contributed by atoms with Gasteiger partial charge in [-0.05, 0) is 13.8 Å². The van der Waals surface area contributed by atoms with Gasteiger partial charge in [0, 0.05) is 6.61 Å². The molecule has 3 heteroatoms. The highest BCUT2D eigenvalue weighted by molar-refractivity contribution is 4.44. The molecule has 0 rings (SSSR count). The Hall–Kier alpha value is 0.650. The number of hydrogen-bond acceptors (Lipinski definition) is 1. The monoisotopic (exact) mass is 273 g/mol. The van der Waals surface area contributed by atoms with E-state index in [0.29, 0.717) is 6.04 Å². The first-order valence-corrected chi connectivity index (χ1v) is 3.87. The number of rotatable bonds is 4. The zero-order chi connectivity index (χ0) is 8.20. The van der Waals surface area contributed by atoms with Gasteiger partial charge in [0.2, 0.25) is 0 Å². The molecule has 1 unspecified atom stereocenters. The van der Waals surface area contributed by atoms with Gasteiger partial charge in [-0.2, -0.15) is 0 Å². The maximum absolute atomic E-state index is 5.31. The third-order valence-electron chi connectivity index (χ3n) is 1.89. The Morgan fingerprint density at radius 3 is 2.00 bits per heavy atom. The molecule has 0 aromatic carbocycles. The molecule has 70 valence electrons. The third-order valence-corrected chi connectivity index (χ3v) is 1.89. The minimum absolute atomic E-state index is 0. The van der Waals surface area contributed by atoms with E-state index in [-0.39, 0.29) is 24.0 Å². The average molecular weight is 273 g/mol. The van der Waals surface area contributed by atoms with Crippen LogP contribution in [0, 0.1) is 0 Å². The molecule has 0 saturated carbocycles. The fourth-order valence-electron chi connectivity index (χ4n) is 0.512. The molecule has 0 spiro atoms. The van der Waals surface area contributed by atoms with Crippen LogP contribution in [0.1, 0.15) is 13.8 Å². The zero-order valence-corrected chi connectivity index (χ0v) is 10.4. The molecule has 11 heavy (non-hydrogen) atoms. The predicted molar refractivity (Wildman–Crippen MR) is 44.0 cm³/mol. The number of halogens is 1. The van der Waals surface area contributed by atoms with E-state index in [0.717, 1.165) is 17.7 Å². The first-order chi connectivity index (χ1) is 4.48. The van der Waals surface area contributed by atoms with Gasteiger partial charge in [0.05, 0.1) is 27.7 Å². The van der Waals surface area contributed by atoms with Crippen LogP contribution in [-0.4, -0.2) is 44.9 Å². The van der Waals surface area contributed by atoms with Crippen LogP contribution in [-0.2, 0) is 4.74 Å². The lowest BCUT2D eigenvalue weighted by Crippen LogP contribution is -3.00. The van der Waals surface area contributed by atoms with Crippen molar-refractivity contribution in [2.45, 2.75) is 19.9 Å². The van der Waals surface area contributed by atoms with Crippen molar-refractivity contribution < 1.29 is 33.2 Å². The van der Waals surface area contributed by atoms with Crippen molar-refractivity contribution in [2.24, 2.45) is 0 Å². The summed E-state index contributed by atoms with van der Waals surface area (Å²) in [4.78, 5) is 0. The van der Waals surface area contributed by atoms with E-state index >= 15 is 0 Å². The summed E-state index contributed by atoms with van der Waals surface area (Å²) in [6, 6.07) is 0.583. The summed E-state index contributed by atoms with van der Waals surface area (Å²) in [6.07, 6.45) is 0. The molecule has 0 aliphatic rings. The standard InChI is InChI=1S/C8H20NO.HI/c1-6-10-7-8(2)9(3,4)5;/h8H,6-7H2,1-5H3;1H/q+1;/p-1. The Labute approximate surface area is 87.5 Å². The lowest BCUT2D eigenvalue weighted by Gasteiger charge is -2.31. The summed E-state index contributed by atoms with van der Waals surface area (Å²) in [6.45, 7) is 5.92. The van der Waals surface area contributed by atoms with E-state index in [1.54, 1.807) is 0 Å². The second-order valence-corrected chi connectivity index (χ2v) is 3.62. The van der Waals surface area contributed by atoms with Crippen molar-refractivity contribution in [3.05, 3.63) is 0 Å². The molecular weight excluding hydrogens is 253 g/mol. The molecule has 0 heterocycles. The number of likely N-dealkylation sites (N-methyl/N-ethyl adjacent to an activating group) is 1. The van der Waals surface area contributed by atoms with Gasteiger partial charge in [-0.3, -0.25) is 0 Å². The molecule has 0 aliphatic heterocycles. The number of ether oxygens (including phenoxy) is 1. The van der Waals surface area contributed by atoms with Crippen LogP contribution in [0.25, 0.3) is 0 Å². The molecule has 0 saturated heterocycles. The predicted octanol–water partition coefficient (Wildman–Crippen LogP) is -1.88. The minimum atomic E-state index is 0. The molecule has 0 amide bonds. The van der Waals surface area contributed by atoms with E-state index in [1.165, 1.54) is 0 Å². The van der Waals surface area contributed by atoms with E-state index in [4.69, 9.17) is 4.74 Å². The van der Waals surface area contributed by atoms with Crippen LogP contribution < -0.4 is 24.0 Å². The Balaban J connectivity index is 0. The summed E-state index contributed by atoms with van der Waals surface area (Å²) in [5.74, 6) is 0. The second kappa shape index (κ2) is 6.20. The van der Waals surface area contributed by atoms with Gasteiger partial charge in [0.15, 0.2) is 0 Å². The SMILES string of the molecule is CCOCC(C)[N+](C)(C)C.[I-]. The van der Waals surface area contributed by atoms with E-state index in [9.17, 15) is 0 Å². The lowest BCUT2D eigenvalue weighted by molar-refractivity contribution is -0.894. The second-order valence-electron chi connectivity index (χ2n) is 3.62. The lowest BCUT2D eigenvalue weighted by atomic mass is 10.3. The first-order valence-electron chi connectivity index (χ1n) is 3.87. The zero-order valence-electron chi connectivity index (χ0n) is 8.22. The van der Waals surface area contributed by atoms with Crippen molar-refractivity contribution >= 4 is 0 Å². The number of quaternary nitrogens is 1. The first kappa shape index (κ1) is 14.2. The van der Waals surface area contributed by atoms with Gasteiger partial charge >= 0.3 is 0 Å². The molecule has 2 nitrogen and oxygen atoms in total. The smallest absolute Gasteiger partial charge is 0.109 e. The highest BCUT2D eigenvalue weighted by atomic mass is 127. The van der Waals surface area contributed by atoms with Gasteiger partial charge in [0.25, 0.3) is 0 Å². The normalized spacial score (nSPS) is 13.9. The highest BCUT2D eigenvalue weighted by Crippen LogP contribution is 2.01. The summed E-state index contributed by atoms with van der Waals surface area (Å²) < 4.78 is 6.28. The van der Waals surface area contributed by atoms with Gasteiger partial charge in [-0.1, -0.05) is 0 Å².